The average molecular weight is 263 g/mol. The van der Waals surface area contributed by atoms with Crippen LogP contribution in [-0.4, -0.2) is 19.3 Å². The Kier molecular flexibility index (Phi) is 5.37. The quantitative estimate of drug-likeness (QED) is 0.833. The predicted molar refractivity (Wildman–Crippen MR) is 79.3 cm³/mol. The van der Waals surface area contributed by atoms with Gasteiger partial charge >= 0.3 is 0 Å². The fraction of sp³-hybridized carbons (Fsp3) is 0.625. The Morgan fingerprint density at radius 3 is 2.47 bits per heavy atom. The summed E-state index contributed by atoms with van der Waals surface area (Å²) in [5, 5.41) is 3.63. The van der Waals surface area contributed by atoms with Crippen LogP contribution in [0, 0.1) is 0 Å². The average Bonchev–Trinajstić information content (AvgIpc) is 2.43. The molecule has 1 aromatic carbocycles. The van der Waals surface area contributed by atoms with Crippen LogP contribution in [0.25, 0.3) is 0 Å². The van der Waals surface area contributed by atoms with Crippen LogP contribution in [0.5, 0.6) is 11.5 Å². The monoisotopic (exact) mass is 263 g/mol. The van der Waals surface area contributed by atoms with Crippen LogP contribution in [0.2, 0.25) is 0 Å². The van der Waals surface area contributed by atoms with E-state index in [2.05, 4.69) is 11.4 Å². The van der Waals surface area contributed by atoms with Gasteiger partial charge in [-0.15, -0.1) is 0 Å². The lowest BCUT2D eigenvalue weighted by Crippen LogP contribution is -2.22. The van der Waals surface area contributed by atoms with Crippen LogP contribution in [0.15, 0.2) is 18.2 Å². The lowest BCUT2D eigenvalue weighted by Gasteiger charge is -2.25. The van der Waals surface area contributed by atoms with Crippen molar-refractivity contribution < 1.29 is 9.47 Å². The van der Waals surface area contributed by atoms with Crippen molar-refractivity contribution in [3.63, 3.8) is 0 Å². The van der Waals surface area contributed by atoms with Gasteiger partial charge in [-0.25, -0.2) is 0 Å². The van der Waals surface area contributed by atoms with E-state index in [9.17, 15) is 0 Å². The molecule has 0 spiro atoms. The van der Waals surface area contributed by atoms with Crippen LogP contribution < -0.4 is 14.8 Å². The summed E-state index contributed by atoms with van der Waals surface area (Å²) in [4.78, 5) is 0. The van der Waals surface area contributed by atoms with E-state index in [1.54, 1.807) is 0 Å². The van der Waals surface area contributed by atoms with Crippen LogP contribution in [0.3, 0.4) is 0 Å². The van der Waals surface area contributed by atoms with Gasteiger partial charge in [-0.3, -0.25) is 0 Å². The van der Waals surface area contributed by atoms with Crippen LogP contribution >= 0.6 is 0 Å². The first-order valence-electron chi connectivity index (χ1n) is 7.49. The summed E-state index contributed by atoms with van der Waals surface area (Å²) in [7, 11) is 0. The highest BCUT2D eigenvalue weighted by Gasteiger charge is 2.15. The summed E-state index contributed by atoms with van der Waals surface area (Å²) in [5.74, 6) is 1.83. The van der Waals surface area contributed by atoms with Gasteiger partial charge < -0.3 is 14.8 Å². The van der Waals surface area contributed by atoms with E-state index in [0.29, 0.717) is 19.3 Å². The van der Waals surface area contributed by atoms with Crippen molar-refractivity contribution in [2.75, 3.05) is 18.5 Å². The molecule has 0 radical (unpaired) electrons. The van der Waals surface area contributed by atoms with Crippen molar-refractivity contribution in [3.8, 4) is 11.5 Å². The molecule has 0 aromatic heterocycles. The predicted octanol–water partition coefficient (Wildman–Crippen LogP) is 4.23. The standard InChI is InChI=1S/C16H25NO2/c1-3-18-14-10-11-16(19-4-2)15(12-14)17-13-8-6-5-7-9-13/h10-13,17H,3-9H2,1-2H3. The second-order valence-electron chi connectivity index (χ2n) is 5.00. The molecule has 1 aliphatic rings. The molecule has 1 aromatic rings. The smallest absolute Gasteiger partial charge is 0.142 e. The summed E-state index contributed by atoms with van der Waals surface area (Å²) < 4.78 is 11.3. The topological polar surface area (TPSA) is 30.5 Å². The molecule has 0 bridgehead atoms. The van der Waals surface area contributed by atoms with Crippen LogP contribution in [0.1, 0.15) is 46.0 Å². The van der Waals surface area contributed by atoms with E-state index in [4.69, 9.17) is 9.47 Å². The minimum atomic E-state index is 0.574. The number of hydrogen-bond donors (Lipinski definition) is 1. The largest absolute Gasteiger partial charge is 0.494 e. The molecule has 0 amide bonds. The van der Waals surface area contributed by atoms with E-state index in [1.807, 2.05) is 26.0 Å². The molecule has 0 heterocycles. The van der Waals surface area contributed by atoms with Gasteiger partial charge in [-0.1, -0.05) is 19.3 Å². The fourth-order valence-electron chi connectivity index (χ4n) is 2.63. The minimum absolute atomic E-state index is 0.574. The molecular formula is C16H25NO2. The molecule has 1 saturated carbocycles. The first-order valence-corrected chi connectivity index (χ1v) is 7.49. The fourth-order valence-corrected chi connectivity index (χ4v) is 2.63. The van der Waals surface area contributed by atoms with Gasteiger partial charge in [-0.2, -0.15) is 0 Å². The lowest BCUT2D eigenvalue weighted by atomic mass is 9.95. The molecule has 1 N–H and O–H groups in total. The third-order valence-electron chi connectivity index (χ3n) is 3.53. The maximum Gasteiger partial charge on any atom is 0.142 e. The molecule has 0 unspecified atom stereocenters. The van der Waals surface area contributed by atoms with Crippen molar-refractivity contribution in [1.29, 1.82) is 0 Å². The number of anilines is 1. The Balaban J connectivity index is 2.11. The molecule has 0 aliphatic heterocycles. The maximum absolute atomic E-state index is 5.69. The van der Waals surface area contributed by atoms with Crippen molar-refractivity contribution in [2.45, 2.75) is 52.0 Å². The molecule has 0 atom stereocenters. The molecule has 3 nitrogen and oxygen atoms in total. The molecule has 2 rings (SSSR count). The summed E-state index contributed by atoms with van der Waals surface area (Å²) in [6.07, 6.45) is 6.53. The first-order chi connectivity index (χ1) is 9.33. The van der Waals surface area contributed by atoms with Crippen molar-refractivity contribution in [2.24, 2.45) is 0 Å². The molecule has 0 saturated heterocycles. The van der Waals surface area contributed by atoms with Crippen LogP contribution in [0.4, 0.5) is 5.69 Å². The Bertz CT molecular complexity index is 386. The van der Waals surface area contributed by atoms with Gasteiger partial charge in [0.25, 0.3) is 0 Å². The van der Waals surface area contributed by atoms with Crippen LogP contribution in [-0.2, 0) is 0 Å². The van der Waals surface area contributed by atoms with E-state index in [-0.39, 0.29) is 0 Å². The molecule has 1 aliphatic carbocycles. The van der Waals surface area contributed by atoms with Gasteiger partial charge in [0.05, 0.1) is 18.9 Å². The van der Waals surface area contributed by atoms with E-state index in [1.165, 1.54) is 32.1 Å². The molecule has 3 heteroatoms. The maximum atomic E-state index is 5.69. The second-order valence-corrected chi connectivity index (χ2v) is 5.00. The van der Waals surface area contributed by atoms with E-state index in [0.717, 1.165) is 17.2 Å². The Hall–Kier alpha value is -1.38. The van der Waals surface area contributed by atoms with Crippen molar-refractivity contribution in [1.82, 2.24) is 0 Å². The first kappa shape index (κ1) is 14.0. The third-order valence-corrected chi connectivity index (χ3v) is 3.53. The summed E-state index contributed by atoms with van der Waals surface area (Å²) in [6.45, 7) is 5.40. The highest BCUT2D eigenvalue weighted by Crippen LogP contribution is 2.32. The zero-order chi connectivity index (χ0) is 13.5. The normalized spacial score (nSPS) is 16.1. The number of ether oxygens (including phenoxy) is 2. The van der Waals surface area contributed by atoms with Gasteiger partial charge in [0, 0.05) is 12.1 Å². The Labute approximate surface area is 116 Å². The van der Waals surface area contributed by atoms with E-state index < -0.39 is 0 Å². The highest BCUT2D eigenvalue weighted by molar-refractivity contribution is 5.60. The summed E-state index contributed by atoms with van der Waals surface area (Å²) in [6, 6.07) is 6.60. The molecule has 1 fully saturated rings. The SMILES string of the molecule is CCOc1ccc(OCC)c(NC2CCCCC2)c1. The zero-order valence-corrected chi connectivity index (χ0v) is 12.1. The van der Waals surface area contributed by atoms with Gasteiger partial charge in [-0.05, 0) is 38.8 Å². The Morgan fingerprint density at radius 1 is 1.05 bits per heavy atom. The number of hydrogen-bond acceptors (Lipinski definition) is 3. The summed E-state index contributed by atoms with van der Waals surface area (Å²) in [5.41, 5.74) is 1.07. The molecular weight excluding hydrogens is 238 g/mol. The lowest BCUT2D eigenvalue weighted by molar-refractivity contribution is 0.331. The van der Waals surface area contributed by atoms with Gasteiger partial charge in [0.1, 0.15) is 11.5 Å². The third kappa shape index (κ3) is 4.05. The number of rotatable bonds is 6. The van der Waals surface area contributed by atoms with Crippen molar-refractivity contribution >= 4 is 5.69 Å². The second kappa shape index (κ2) is 7.27. The van der Waals surface area contributed by atoms with Crippen molar-refractivity contribution in [3.05, 3.63) is 18.2 Å². The highest BCUT2D eigenvalue weighted by atomic mass is 16.5. The van der Waals surface area contributed by atoms with Gasteiger partial charge in [0.2, 0.25) is 0 Å². The summed E-state index contributed by atoms with van der Waals surface area (Å²) >= 11 is 0. The number of nitrogens with one attached hydrogen (secondary N) is 1. The van der Waals surface area contributed by atoms with Gasteiger partial charge in [0.15, 0.2) is 0 Å². The molecule has 19 heavy (non-hydrogen) atoms. The Morgan fingerprint density at radius 2 is 1.79 bits per heavy atom. The molecule has 106 valence electrons. The zero-order valence-electron chi connectivity index (χ0n) is 12.1. The number of benzene rings is 1. The minimum Gasteiger partial charge on any atom is -0.494 e. The van der Waals surface area contributed by atoms with E-state index >= 15 is 0 Å².